The molecule has 1 unspecified atom stereocenters. The molecule has 0 bridgehead atoms. The second kappa shape index (κ2) is 6.08. The number of ether oxygens (including phenoxy) is 1. The van der Waals surface area contributed by atoms with Crippen LogP contribution in [0.25, 0.3) is 11.1 Å². The quantitative estimate of drug-likeness (QED) is 0.598. The fraction of sp³-hybridized carbons (Fsp3) is 0.188. The summed E-state index contributed by atoms with van der Waals surface area (Å²) in [5.74, 6) is 1.47. The van der Waals surface area contributed by atoms with Gasteiger partial charge in [-0.15, -0.1) is 0 Å². The van der Waals surface area contributed by atoms with Crippen molar-refractivity contribution in [1.29, 1.82) is 0 Å². The number of alkyl halides is 1. The minimum absolute atomic E-state index is 0.0132. The van der Waals surface area contributed by atoms with Gasteiger partial charge in [-0.25, -0.2) is 4.98 Å². The first-order chi connectivity index (χ1) is 10.2. The number of benzene rings is 2. The van der Waals surface area contributed by atoms with Crippen molar-refractivity contribution < 1.29 is 9.15 Å². The summed E-state index contributed by atoms with van der Waals surface area (Å²) in [5, 5.41) is 0.674. The highest BCUT2D eigenvalue weighted by atomic mass is 79.9. The summed E-state index contributed by atoms with van der Waals surface area (Å²) in [5.41, 5.74) is 2.64. The van der Waals surface area contributed by atoms with Crippen LogP contribution in [0.15, 0.2) is 46.9 Å². The lowest BCUT2D eigenvalue weighted by atomic mass is 10.1. The Kier molecular flexibility index (Phi) is 4.17. The number of nitrogens with zero attached hydrogens (tertiary/aromatic N) is 1. The SMILES string of the molecule is COc1ccc(Cl)cc1C(Br)Cc1nc2ccccc2o1. The minimum Gasteiger partial charge on any atom is -0.496 e. The van der Waals surface area contributed by atoms with E-state index in [4.69, 9.17) is 20.8 Å². The Morgan fingerprint density at radius 1 is 1.29 bits per heavy atom. The predicted molar refractivity (Wildman–Crippen MR) is 87.4 cm³/mol. The molecule has 0 spiro atoms. The van der Waals surface area contributed by atoms with Gasteiger partial charge in [0.25, 0.3) is 0 Å². The van der Waals surface area contributed by atoms with E-state index in [1.165, 1.54) is 0 Å². The van der Waals surface area contributed by atoms with Crippen molar-refractivity contribution >= 4 is 38.6 Å². The van der Waals surface area contributed by atoms with Crippen LogP contribution in [0.1, 0.15) is 16.3 Å². The molecule has 3 aromatic rings. The summed E-state index contributed by atoms with van der Waals surface area (Å²) in [6.45, 7) is 0. The van der Waals surface area contributed by atoms with E-state index in [9.17, 15) is 0 Å². The standard InChI is InChI=1S/C16H13BrClNO2/c1-20-14-7-6-10(18)8-11(14)12(17)9-16-19-13-4-2-3-5-15(13)21-16/h2-8,12H,9H2,1H3. The number of para-hydroxylation sites is 2. The highest BCUT2D eigenvalue weighted by Crippen LogP contribution is 2.35. The van der Waals surface area contributed by atoms with E-state index in [1.54, 1.807) is 7.11 Å². The van der Waals surface area contributed by atoms with Crippen molar-refractivity contribution in [2.24, 2.45) is 0 Å². The van der Waals surface area contributed by atoms with Crippen LogP contribution in [-0.2, 0) is 6.42 Å². The van der Waals surface area contributed by atoms with E-state index in [-0.39, 0.29) is 4.83 Å². The molecule has 3 rings (SSSR count). The summed E-state index contributed by atoms with van der Waals surface area (Å²) in [6, 6.07) is 13.3. The Hall–Kier alpha value is -1.52. The smallest absolute Gasteiger partial charge is 0.196 e. The number of oxazole rings is 1. The number of aromatic nitrogens is 1. The third-order valence-electron chi connectivity index (χ3n) is 3.22. The molecule has 0 saturated carbocycles. The van der Waals surface area contributed by atoms with Crippen LogP contribution in [0.3, 0.4) is 0 Å². The van der Waals surface area contributed by atoms with Gasteiger partial charge in [0.1, 0.15) is 11.3 Å². The molecule has 108 valence electrons. The van der Waals surface area contributed by atoms with Crippen molar-refractivity contribution in [3.8, 4) is 5.75 Å². The number of hydrogen-bond donors (Lipinski definition) is 0. The van der Waals surface area contributed by atoms with Gasteiger partial charge in [-0.2, -0.15) is 0 Å². The molecule has 21 heavy (non-hydrogen) atoms. The first-order valence-corrected chi connectivity index (χ1v) is 7.78. The second-order valence-electron chi connectivity index (χ2n) is 4.63. The van der Waals surface area contributed by atoms with Gasteiger partial charge in [0.05, 0.1) is 11.9 Å². The zero-order chi connectivity index (χ0) is 14.8. The number of fused-ring (bicyclic) bond motifs is 1. The Morgan fingerprint density at radius 3 is 2.86 bits per heavy atom. The zero-order valence-corrected chi connectivity index (χ0v) is 13.7. The maximum atomic E-state index is 6.07. The van der Waals surface area contributed by atoms with Gasteiger partial charge < -0.3 is 9.15 Å². The molecule has 2 aromatic carbocycles. The number of rotatable bonds is 4. The first kappa shape index (κ1) is 14.4. The van der Waals surface area contributed by atoms with Gasteiger partial charge in [-0.05, 0) is 30.3 Å². The summed E-state index contributed by atoms with van der Waals surface area (Å²) < 4.78 is 11.1. The third-order valence-corrected chi connectivity index (χ3v) is 4.27. The summed E-state index contributed by atoms with van der Waals surface area (Å²) >= 11 is 9.74. The molecule has 0 aliphatic carbocycles. The molecule has 1 heterocycles. The molecule has 0 radical (unpaired) electrons. The van der Waals surface area contributed by atoms with Gasteiger partial charge in [0, 0.05) is 17.0 Å². The topological polar surface area (TPSA) is 35.3 Å². The normalized spacial score (nSPS) is 12.5. The van der Waals surface area contributed by atoms with Crippen LogP contribution in [0.4, 0.5) is 0 Å². The van der Waals surface area contributed by atoms with Crippen LogP contribution in [0.5, 0.6) is 5.75 Å². The van der Waals surface area contributed by atoms with Crippen LogP contribution in [0.2, 0.25) is 5.02 Å². The monoisotopic (exact) mass is 365 g/mol. The molecule has 5 heteroatoms. The Bertz CT molecular complexity index is 739. The average Bonchev–Trinajstić information content (AvgIpc) is 2.89. The van der Waals surface area contributed by atoms with Crippen molar-refractivity contribution in [3.63, 3.8) is 0 Å². The summed E-state index contributed by atoms with van der Waals surface area (Å²) in [6.07, 6.45) is 0.616. The first-order valence-electron chi connectivity index (χ1n) is 6.49. The maximum Gasteiger partial charge on any atom is 0.196 e. The van der Waals surface area contributed by atoms with Crippen molar-refractivity contribution in [2.45, 2.75) is 11.2 Å². The molecule has 0 N–H and O–H groups in total. The van der Waals surface area contributed by atoms with Crippen molar-refractivity contribution in [2.75, 3.05) is 7.11 Å². The molecular formula is C16H13BrClNO2. The molecule has 3 nitrogen and oxygen atoms in total. The van der Waals surface area contributed by atoms with Crippen LogP contribution >= 0.6 is 27.5 Å². The molecule has 0 amide bonds. The number of methoxy groups -OCH3 is 1. The van der Waals surface area contributed by atoms with Crippen molar-refractivity contribution in [3.05, 3.63) is 58.9 Å². The summed E-state index contributed by atoms with van der Waals surface area (Å²) in [7, 11) is 1.64. The Balaban J connectivity index is 1.88. The van der Waals surface area contributed by atoms with E-state index < -0.39 is 0 Å². The van der Waals surface area contributed by atoms with Gasteiger partial charge in [0.15, 0.2) is 11.5 Å². The van der Waals surface area contributed by atoms with E-state index in [1.807, 2.05) is 42.5 Å². The lowest BCUT2D eigenvalue weighted by Gasteiger charge is -2.13. The van der Waals surface area contributed by atoms with Gasteiger partial charge >= 0.3 is 0 Å². The largest absolute Gasteiger partial charge is 0.496 e. The predicted octanol–water partition coefficient (Wildman–Crippen LogP) is 5.17. The molecule has 0 fully saturated rings. The fourth-order valence-corrected chi connectivity index (χ4v) is 3.04. The molecular weight excluding hydrogens is 354 g/mol. The van der Waals surface area contributed by atoms with Crippen LogP contribution in [0, 0.1) is 0 Å². The minimum atomic E-state index is 0.0132. The molecule has 0 saturated heterocycles. The molecule has 1 atom stereocenters. The van der Waals surface area contributed by atoms with Gasteiger partial charge in [-0.1, -0.05) is 39.7 Å². The van der Waals surface area contributed by atoms with Gasteiger partial charge in [-0.3, -0.25) is 0 Å². The maximum absolute atomic E-state index is 6.07. The van der Waals surface area contributed by atoms with Gasteiger partial charge in [0.2, 0.25) is 0 Å². The van der Waals surface area contributed by atoms with Crippen LogP contribution < -0.4 is 4.74 Å². The molecule has 0 aliphatic rings. The van der Waals surface area contributed by atoms with E-state index >= 15 is 0 Å². The Morgan fingerprint density at radius 2 is 2.10 bits per heavy atom. The average molecular weight is 367 g/mol. The highest BCUT2D eigenvalue weighted by Gasteiger charge is 2.17. The fourth-order valence-electron chi connectivity index (χ4n) is 2.22. The Labute approximate surface area is 136 Å². The van der Waals surface area contributed by atoms with E-state index in [2.05, 4.69) is 20.9 Å². The van der Waals surface area contributed by atoms with Crippen molar-refractivity contribution in [1.82, 2.24) is 4.98 Å². The number of hydrogen-bond acceptors (Lipinski definition) is 3. The molecule has 0 aliphatic heterocycles. The van der Waals surface area contributed by atoms with Crippen LogP contribution in [-0.4, -0.2) is 12.1 Å². The second-order valence-corrected chi connectivity index (χ2v) is 6.18. The highest BCUT2D eigenvalue weighted by molar-refractivity contribution is 9.09. The zero-order valence-electron chi connectivity index (χ0n) is 11.3. The number of halogens is 2. The van der Waals surface area contributed by atoms with E-state index in [0.29, 0.717) is 17.3 Å². The third kappa shape index (κ3) is 3.06. The summed E-state index contributed by atoms with van der Waals surface area (Å²) in [4.78, 5) is 4.50. The lowest BCUT2D eigenvalue weighted by molar-refractivity contribution is 0.408. The molecule has 1 aromatic heterocycles. The van der Waals surface area contributed by atoms with E-state index in [0.717, 1.165) is 22.4 Å². The lowest BCUT2D eigenvalue weighted by Crippen LogP contribution is -1.99.